The molecule has 0 aromatic rings. The van der Waals surface area contributed by atoms with Crippen LogP contribution < -0.4 is 5.32 Å². The number of halogens is 1. The van der Waals surface area contributed by atoms with Gasteiger partial charge in [0.25, 0.3) is 0 Å². The first kappa shape index (κ1) is 12.5. The van der Waals surface area contributed by atoms with Crippen molar-refractivity contribution in [2.75, 3.05) is 19.7 Å². The van der Waals surface area contributed by atoms with Gasteiger partial charge in [-0.3, -0.25) is 0 Å². The van der Waals surface area contributed by atoms with Crippen LogP contribution in [0.1, 0.15) is 19.8 Å². The second kappa shape index (κ2) is 6.92. The largest absolute Gasteiger partial charge is 0.463 e. The molecule has 1 aliphatic rings. The smallest absolute Gasteiger partial charge is 0.330 e. The molecule has 0 unspecified atom stereocenters. The van der Waals surface area contributed by atoms with Crippen LogP contribution in [0, 0.1) is 0 Å². The summed E-state index contributed by atoms with van der Waals surface area (Å²) in [5, 5.41) is 3.21. The zero-order valence-corrected chi connectivity index (χ0v) is 8.65. The van der Waals surface area contributed by atoms with Crippen molar-refractivity contribution in [1.29, 1.82) is 0 Å². The fraction of sp³-hybridized carbons (Fsp3) is 0.667. The van der Waals surface area contributed by atoms with Crippen LogP contribution in [0.2, 0.25) is 0 Å². The van der Waals surface area contributed by atoms with E-state index in [1.807, 2.05) is 6.92 Å². The second-order valence-electron chi connectivity index (χ2n) is 2.83. The lowest BCUT2D eigenvalue weighted by atomic mass is 10.1. The van der Waals surface area contributed by atoms with Crippen LogP contribution in [-0.2, 0) is 9.53 Å². The third kappa shape index (κ3) is 4.90. The quantitative estimate of drug-likeness (QED) is 0.545. The molecule has 1 N–H and O–H groups in total. The Kier molecular flexibility index (Phi) is 6.63. The minimum absolute atomic E-state index is 0. The Morgan fingerprint density at radius 3 is 3.00 bits per heavy atom. The van der Waals surface area contributed by atoms with Gasteiger partial charge in [0.05, 0.1) is 6.61 Å². The Morgan fingerprint density at radius 2 is 2.46 bits per heavy atom. The number of ether oxygens (including phenoxy) is 1. The molecule has 76 valence electrons. The molecular weight excluding hydrogens is 190 g/mol. The van der Waals surface area contributed by atoms with Crippen molar-refractivity contribution < 1.29 is 9.53 Å². The van der Waals surface area contributed by atoms with E-state index in [-0.39, 0.29) is 18.4 Å². The first-order valence-electron chi connectivity index (χ1n) is 4.40. The van der Waals surface area contributed by atoms with Crippen LogP contribution in [0.3, 0.4) is 0 Å². The first-order chi connectivity index (χ1) is 5.83. The molecule has 3 nitrogen and oxygen atoms in total. The van der Waals surface area contributed by atoms with Crippen LogP contribution in [0.15, 0.2) is 11.6 Å². The van der Waals surface area contributed by atoms with E-state index in [4.69, 9.17) is 4.74 Å². The molecule has 0 aromatic heterocycles. The van der Waals surface area contributed by atoms with Crippen LogP contribution >= 0.6 is 12.4 Å². The van der Waals surface area contributed by atoms with E-state index >= 15 is 0 Å². The number of carbonyl (C=O) groups excluding carboxylic acids is 1. The number of carbonyl (C=O) groups is 1. The molecule has 0 radical (unpaired) electrons. The number of piperidine rings is 1. The fourth-order valence-corrected chi connectivity index (χ4v) is 1.25. The van der Waals surface area contributed by atoms with Gasteiger partial charge in [-0.05, 0) is 31.9 Å². The maximum Gasteiger partial charge on any atom is 0.330 e. The van der Waals surface area contributed by atoms with Gasteiger partial charge in [-0.15, -0.1) is 12.4 Å². The van der Waals surface area contributed by atoms with E-state index in [1.165, 1.54) is 0 Å². The van der Waals surface area contributed by atoms with Gasteiger partial charge in [0.15, 0.2) is 0 Å². The molecule has 1 fully saturated rings. The maximum absolute atomic E-state index is 11.0. The van der Waals surface area contributed by atoms with Crippen molar-refractivity contribution in [1.82, 2.24) is 5.32 Å². The maximum atomic E-state index is 11.0. The standard InChI is InChI=1S/C9H15NO2.ClH/c1-2-12-9(11)6-8-4-3-5-10-7-8;/h6,10H,2-5,7H2,1H3;1H. The minimum atomic E-state index is -0.212. The van der Waals surface area contributed by atoms with Gasteiger partial charge in [-0.25, -0.2) is 4.79 Å². The predicted octanol–water partition coefficient (Wildman–Crippen LogP) is 1.28. The summed E-state index contributed by atoms with van der Waals surface area (Å²) in [7, 11) is 0. The highest BCUT2D eigenvalue weighted by atomic mass is 35.5. The normalized spacial score (nSPS) is 19.3. The van der Waals surface area contributed by atoms with E-state index in [2.05, 4.69) is 5.32 Å². The first-order valence-corrected chi connectivity index (χ1v) is 4.40. The van der Waals surface area contributed by atoms with Crippen LogP contribution in [-0.4, -0.2) is 25.7 Å². The molecule has 0 spiro atoms. The molecule has 1 heterocycles. The Morgan fingerprint density at radius 1 is 1.69 bits per heavy atom. The molecule has 0 aromatic carbocycles. The highest BCUT2D eigenvalue weighted by Gasteiger charge is 2.06. The molecule has 0 amide bonds. The molecule has 0 bridgehead atoms. The highest BCUT2D eigenvalue weighted by Crippen LogP contribution is 2.07. The molecular formula is C9H16ClNO2. The third-order valence-corrected chi connectivity index (χ3v) is 1.81. The Labute approximate surface area is 84.9 Å². The van der Waals surface area contributed by atoms with E-state index in [0.29, 0.717) is 6.61 Å². The summed E-state index contributed by atoms with van der Waals surface area (Å²) in [6.07, 6.45) is 3.74. The van der Waals surface area contributed by atoms with Gasteiger partial charge < -0.3 is 10.1 Å². The van der Waals surface area contributed by atoms with Crippen LogP contribution in [0.5, 0.6) is 0 Å². The zero-order chi connectivity index (χ0) is 8.81. The van der Waals surface area contributed by atoms with Crippen LogP contribution in [0.25, 0.3) is 0 Å². The topological polar surface area (TPSA) is 38.3 Å². The Bertz CT molecular complexity index is 184. The number of esters is 1. The molecule has 0 aliphatic carbocycles. The number of hydrogen-bond acceptors (Lipinski definition) is 3. The zero-order valence-electron chi connectivity index (χ0n) is 7.84. The average Bonchev–Trinajstić information content (AvgIpc) is 2.06. The summed E-state index contributed by atoms with van der Waals surface area (Å²) in [4.78, 5) is 11.0. The second-order valence-corrected chi connectivity index (χ2v) is 2.83. The lowest BCUT2D eigenvalue weighted by Crippen LogP contribution is -2.24. The van der Waals surface area contributed by atoms with E-state index in [9.17, 15) is 4.79 Å². The van der Waals surface area contributed by atoms with Gasteiger partial charge in [-0.2, -0.15) is 0 Å². The van der Waals surface area contributed by atoms with Crippen molar-refractivity contribution in [2.24, 2.45) is 0 Å². The van der Waals surface area contributed by atoms with Gasteiger partial charge in [-0.1, -0.05) is 0 Å². The monoisotopic (exact) mass is 205 g/mol. The van der Waals surface area contributed by atoms with Gasteiger partial charge in [0.2, 0.25) is 0 Å². The summed E-state index contributed by atoms with van der Waals surface area (Å²) in [6.45, 7) is 4.16. The molecule has 13 heavy (non-hydrogen) atoms. The lowest BCUT2D eigenvalue weighted by molar-refractivity contribution is -0.137. The predicted molar refractivity (Wildman–Crippen MR) is 54.1 cm³/mol. The lowest BCUT2D eigenvalue weighted by Gasteiger charge is -2.14. The molecule has 0 saturated carbocycles. The van der Waals surface area contributed by atoms with E-state index < -0.39 is 0 Å². The van der Waals surface area contributed by atoms with Crippen molar-refractivity contribution in [3.63, 3.8) is 0 Å². The molecule has 1 saturated heterocycles. The SMILES string of the molecule is CCOC(=O)C=C1CCCNC1.Cl. The number of nitrogens with one attached hydrogen (secondary N) is 1. The van der Waals surface area contributed by atoms with Crippen molar-refractivity contribution in [2.45, 2.75) is 19.8 Å². The fourth-order valence-electron chi connectivity index (χ4n) is 1.25. The van der Waals surface area contributed by atoms with E-state index in [0.717, 1.165) is 31.5 Å². The molecule has 1 aliphatic heterocycles. The average molecular weight is 206 g/mol. The van der Waals surface area contributed by atoms with Crippen molar-refractivity contribution in [3.8, 4) is 0 Å². The minimum Gasteiger partial charge on any atom is -0.463 e. The van der Waals surface area contributed by atoms with Gasteiger partial charge in [0, 0.05) is 12.6 Å². The summed E-state index contributed by atoms with van der Waals surface area (Å²) >= 11 is 0. The summed E-state index contributed by atoms with van der Waals surface area (Å²) in [5.41, 5.74) is 1.15. The van der Waals surface area contributed by atoms with Crippen LogP contribution in [0.4, 0.5) is 0 Å². The summed E-state index contributed by atoms with van der Waals surface area (Å²) in [5.74, 6) is -0.212. The van der Waals surface area contributed by atoms with E-state index in [1.54, 1.807) is 6.08 Å². The number of rotatable bonds is 2. The number of hydrogen-bond donors (Lipinski definition) is 1. The summed E-state index contributed by atoms with van der Waals surface area (Å²) in [6, 6.07) is 0. The van der Waals surface area contributed by atoms with Gasteiger partial charge in [0.1, 0.15) is 0 Å². The van der Waals surface area contributed by atoms with Crippen molar-refractivity contribution >= 4 is 18.4 Å². The third-order valence-electron chi connectivity index (χ3n) is 1.81. The molecule has 0 atom stereocenters. The van der Waals surface area contributed by atoms with Gasteiger partial charge >= 0.3 is 5.97 Å². The summed E-state index contributed by atoms with van der Waals surface area (Å²) < 4.78 is 4.80. The highest BCUT2D eigenvalue weighted by molar-refractivity contribution is 5.85. The van der Waals surface area contributed by atoms with Crippen molar-refractivity contribution in [3.05, 3.63) is 11.6 Å². The molecule has 4 heteroatoms. The Balaban J connectivity index is 0.00000144. The Hall–Kier alpha value is -0.540. The molecule has 1 rings (SSSR count).